The summed E-state index contributed by atoms with van der Waals surface area (Å²) in [5.41, 5.74) is 0. The molecule has 1 aromatic rings. The van der Waals surface area contributed by atoms with Crippen LogP contribution in [0.4, 0.5) is 11.6 Å². The Bertz CT molecular complexity index is 360. The predicted molar refractivity (Wildman–Crippen MR) is 71.9 cm³/mol. The number of hydrogen-bond acceptors (Lipinski definition) is 6. The molecule has 0 aromatic carbocycles. The van der Waals surface area contributed by atoms with Gasteiger partial charge in [-0.15, -0.1) is 0 Å². The lowest BCUT2D eigenvalue weighted by Gasteiger charge is -2.13. The van der Waals surface area contributed by atoms with E-state index in [1.807, 2.05) is 27.0 Å². The lowest BCUT2D eigenvalue weighted by Crippen LogP contribution is -2.19. The van der Waals surface area contributed by atoms with E-state index in [0.29, 0.717) is 25.6 Å². The standard InChI is InChI=1S/C12H22N4O2/c1-5-18-8-12-15-10(13-3)6-11(16-12)14-7-9(2)17-4/h6,9H,5,7-8H2,1-4H3,(H2,13,14,15,16). The van der Waals surface area contributed by atoms with E-state index >= 15 is 0 Å². The second-order valence-corrected chi connectivity index (χ2v) is 3.87. The maximum atomic E-state index is 5.32. The van der Waals surface area contributed by atoms with E-state index in [2.05, 4.69) is 20.6 Å². The predicted octanol–water partition coefficient (Wildman–Crippen LogP) is 1.50. The first-order chi connectivity index (χ1) is 8.69. The van der Waals surface area contributed by atoms with Gasteiger partial charge in [0, 0.05) is 33.4 Å². The van der Waals surface area contributed by atoms with Crippen LogP contribution in [0.15, 0.2) is 6.07 Å². The van der Waals surface area contributed by atoms with Crippen molar-refractivity contribution in [2.24, 2.45) is 0 Å². The van der Waals surface area contributed by atoms with Gasteiger partial charge in [-0.2, -0.15) is 0 Å². The molecular weight excluding hydrogens is 232 g/mol. The molecule has 0 saturated heterocycles. The largest absolute Gasteiger partial charge is 0.380 e. The Morgan fingerprint density at radius 3 is 2.67 bits per heavy atom. The molecule has 0 saturated carbocycles. The molecule has 1 heterocycles. The topological polar surface area (TPSA) is 68.3 Å². The highest BCUT2D eigenvalue weighted by Crippen LogP contribution is 2.11. The molecule has 0 fully saturated rings. The minimum atomic E-state index is 0.133. The second-order valence-electron chi connectivity index (χ2n) is 3.87. The number of nitrogens with one attached hydrogen (secondary N) is 2. The molecule has 1 unspecified atom stereocenters. The van der Waals surface area contributed by atoms with Crippen LogP contribution in [0.2, 0.25) is 0 Å². The van der Waals surface area contributed by atoms with Gasteiger partial charge in [0.2, 0.25) is 0 Å². The molecule has 18 heavy (non-hydrogen) atoms. The van der Waals surface area contributed by atoms with Crippen LogP contribution in [0.25, 0.3) is 0 Å². The van der Waals surface area contributed by atoms with Crippen molar-refractivity contribution >= 4 is 11.6 Å². The third-order valence-electron chi connectivity index (χ3n) is 2.44. The molecule has 0 aliphatic heterocycles. The third-order valence-corrected chi connectivity index (χ3v) is 2.44. The highest BCUT2D eigenvalue weighted by atomic mass is 16.5. The molecule has 0 amide bonds. The Balaban J connectivity index is 2.70. The lowest BCUT2D eigenvalue weighted by atomic mass is 10.4. The quantitative estimate of drug-likeness (QED) is 0.733. The van der Waals surface area contributed by atoms with Crippen LogP contribution < -0.4 is 10.6 Å². The van der Waals surface area contributed by atoms with Crippen molar-refractivity contribution in [2.45, 2.75) is 26.6 Å². The number of hydrogen-bond donors (Lipinski definition) is 2. The summed E-state index contributed by atoms with van der Waals surface area (Å²) in [6.07, 6.45) is 0.133. The summed E-state index contributed by atoms with van der Waals surface area (Å²) < 4.78 is 10.5. The fourth-order valence-corrected chi connectivity index (χ4v) is 1.31. The van der Waals surface area contributed by atoms with E-state index in [0.717, 1.165) is 11.6 Å². The zero-order valence-electron chi connectivity index (χ0n) is 11.5. The minimum absolute atomic E-state index is 0.133. The maximum absolute atomic E-state index is 5.32. The molecule has 0 bridgehead atoms. The Morgan fingerprint density at radius 1 is 1.33 bits per heavy atom. The Labute approximate surface area is 108 Å². The molecule has 1 rings (SSSR count). The van der Waals surface area contributed by atoms with Crippen LogP contribution in [0, 0.1) is 0 Å². The van der Waals surface area contributed by atoms with Crippen LogP contribution >= 0.6 is 0 Å². The van der Waals surface area contributed by atoms with E-state index in [1.54, 1.807) is 7.11 Å². The summed E-state index contributed by atoms with van der Waals surface area (Å²) in [6, 6.07) is 1.86. The van der Waals surface area contributed by atoms with Crippen LogP contribution in [0.5, 0.6) is 0 Å². The third kappa shape index (κ3) is 4.85. The Hall–Kier alpha value is -1.40. The van der Waals surface area contributed by atoms with Gasteiger partial charge in [-0.05, 0) is 13.8 Å². The fraction of sp³-hybridized carbons (Fsp3) is 0.667. The minimum Gasteiger partial charge on any atom is -0.380 e. The smallest absolute Gasteiger partial charge is 0.158 e. The lowest BCUT2D eigenvalue weighted by molar-refractivity contribution is 0.127. The summed E-state index contributed by atoms with van der Waals surface area (Å²) in [5.74, 6) is 2.21. The molecule has 2 N–H and O–H groups in total. The normalized spacial score (nSPS) is 12.2. The monoisotopic (exact) mass is 254 g/mol. The van der Waals surface area contributed by atoms with Crippen molar-refractivity contribution in [3.8, 4) is 0 Å². The van der Waals surface area contributed by atoms with Gasteiger partial charge in [-0.1, -0.05) is 0 Å². The molecule has 0 spiro atoms. The maximum Gasteiger partial charge on any atom is 0.158 e. The molecule has 1 aromatic heterocycles. The number of ether oxygens (including phenoxy) is 2. The molecule has 102 valence electrons. The Morgan fingerprint density at radius 2 is 2.06 bits per heavy atom. The average Bonchev–Trinajstić information content (AvgIpc) is 2.42. The van der Waals surface area contributed by atoms with Crippen molar-refractivity contribution in [3.63, 3.8) is 0 Å². The average molecular weight is 254 g/mol. The zero-order valence-corrected chi connectivity index (χ0v) is 11.5. The first-order valence-electron chi connectivity index (χ1n) is 6.09. The molecule has 0 aliphatic carbocycles. The van der Waals surface area contributed by atoms with Gasteiger partial charge in [0.15, 0.2) is 5.82 Å². The molecule has 6 heteroatoms. The van der Waals surface area contributed by atoms with E-state index in [1.165, 1.54) is 0 Å². The molecule has 0 radical (unpaired) electrons. The van der Waals surface area contributed by atoms with Gasteiger partial charge < -0.3 is 20.1 Å². The van der Waals surface area contributed by atoms with Gasteiger partial charge in [-0.25, -0.2) is 9.97 Å². The van der Waals surface area contributed by atoms with Crippen LogP contribution in [-0.2, 0) is 16.1 Å². The fourth-order valence-electron chi connectivity index (χ4n) is 1.31. The van der Waals surface area contributed by atoms with E-state index in [-0.39, 0.29) is 6.10 Å². The van der Waals surface area contributed by atoms with Crippen molar-refractivity contribution in [1.82, 2.24) is 9.97 Å². The summed E-state index contributed by atoms with van der Waals surface area (Å²) in [7, 11) is 3.51. The van der Waals surface area contributed by atoms with Crippen molar-refractivity contribution in [1.29, 1.82) is 0 Å². The second kappa shape index (κ2) is 7.84. The first-order valence-corrected chi connectivity index (χ1v) is 6.09. The van der Waals surface area contributed by atoms with Gasteiger partial charge in [0.1, 0.15) is 18.2 Å². The van der Waals surface area contributed by atoms with Crippen molar-refractivity contribution < 1.29 is 9.47 Å². The summed E-state index contributed by atoms with van der Waals surface area (Å²) in [5, 5.41) is 6.22. The van der Waals surface area contributed by atoms with Crippen LogP contribution in [0.1, 0.15) is 19.7 Å². The van der Waals surface area contributed by atoms with Crippen molar-refractivity contribution in [2.75, 3.05) is 37.9 Å². The van der Waals surface area contributed by atoms with E-state index < -0.39 is 0 Å². The molecule has 6 nitrogen and oxygen atoms in total. The zero-order chi connectivity index (χ0) is 13.4. The Kier molecular flexibility index (Phi) is 6.38. The van der Waals surface area contributed by atoms with Crippen LogP contribution in [0.3, 0.4) is 0 Å². The number of aromatic nitrogens is 2. The van der Waals surface area contributed by atoms with Gasteiger partial charge in [0.05, 0.1) is 6.10 Å². The van der Waals surface area contributed by atoms with Gasteiger partial charge in [-0.3, -0.25) is 0 Å². The molecule has 0 aliphatic rings. The SMILES string of the molecule is CCOCc1nc(NC)cc(NCC(C)OC)n1. The highest BCUT2D eigenvalue weighted by Gasteiger charge is 2.05. The van der Waals surface area contributed by atoms with E-state index in [9.17, 15) is 0 Å². The number of rotatable bonds is 8. The van der Waals surface area contributed by atoms with E-state index in [4.69, 9.17) is 9.47 Å². The summed E-state index contributed by atoms with van der Waals surface area (Å²) >= 11 is 0. The highest BCUT2D eigenvalue weighted by molar-refractivity contribution is 5.47. The first kappa shape index (κ1) is 14.7. The van der Waals surface area contributed by atoms with Gasteiger partial charge >= 0.3 is 0 Å². The van der Waals surface area contributed by atoms with Crippen molar-refractivity contribution in [3.05, 3.63) is 11.9 Å². The number of methoxy groups -OCH3 is 1. The molecule has 1 atom stereocenters. The summed E-state index contributed by atoms with van der Waals surface area (Å²) in [6.45, 7) is 5.71. The summed E-state index contributed by atoms with van der Waals surface area (Å²) in [4.78, 5) is 8.70. The number of anilines is 2. The van der Waals surface area contributed by atoms with Gasteiger partial charge in [0.25, 0.3) is 0 Å². The number of nitrogens with zero attached hydrogens (tertiary/aromatic N) is 2. The van der Waals surface area contributed by atoms with Crippen LogP contribution in [-0.4, -0.2) is 43.4 Å². The molecular formula is C12H22N4O2.